The second-order valence-electron chi connectivity index (χ2n) is 7.25. The third-order valence-electron chi connectivity index (χ3n) is 5.01. The maximum Gasteiger partial charge on any atom is 0.267 e. The largest absolute Gasteiger partial charge is 0.476 e. The number of ether oxygens (including phenoxy) is 1. The summed E-state index contributed by atoms with van der Waals surface area (Å²) >= 11 is 0. The molecule has 0 unspecified atom stereocenters. The van der Waals surface area contributed by atoms with Gasteiger partial charge in [0.25, 0.3) is 11.8 Å². The first-order chi connectivity index (χ1) is 15.3. The second kappa shape index (κ2) is 8.72. The van der Waals surface area contributed by atoms with E-state index in [0.717, 1.165) is 0 Å². The quantitative estimate of drug-likeness (QED) is 0.597. The van der Waals surface area contributed by atoms with Gasteiger partial charge in [-0.1, -0.05) is 54.6 Å². The van der Waals surface area contributed by atoms with Gasteiger partial charge in [0, 0.05) is 0 Å². The van der Waals surface area contributed by atoms with Crippen molar-refractivity contribution in [3.05, 3.63) is 90.0 Å². The van der Waals surface area contributed by atoms with Crippen molar-refractivity contribution in [2.24, 2.45) is 5.73 Å². The number of hydrogen-bond acceptors (Lipinski definition) is 5. The number of carbonyl (C=O) groups is 2. The van der Waals surface area contributed by atoms with Gasteiger partial charge in [0.15, 0.2) is 6.10 Å². The van der Waals surface area contributed by atoms with Crippen molar-refractivity contribution in [1.82, 2.24) is 0 Å². The number of benzene rings is 3. The number of carbonyl (C=O) groups excluding carboxylic acids is 2. The van der Waals surface area contributed by atoms with Crippen LogP contribution in [0.25, 0.3) is 0 Å². The van der Waals surface area contributed by atoms with Crippen LogP contribution in [0, 0.1) is 0 Å². The Kier molecular flexibility index (Phi) is 5.83. The van der Waals surface area contributed by atoms with E-state index in [1.54, 1.807) is 66.7 Å². The zero-order valence-electron chi connectivity index (χ0n) is 17.0. The van der Waals surface area contributed by atoms with Crippen LogP contribution in [0.1, 0.15) is 15.9 Å². The summed E-state index contributed by atoms with van der Waals surface area (Å²) in [5.41, 5.74) is 6.75. The SMILES string of the molecule is NC(=O)c1ccccc1NC(=O)[C@@H]1CN(S(=O)(=O)Cc2ccccc2)c2ccccc2O1. The standard InChI is InChI=1S/C23H21N3O5S/c24-22(27)17-10-4-5-11-18(17)25-23(28)21-14-26(19-12-6-7-13-20(19)31-21)32(29,30)15-16-8-2-1-3-9-16/h1-13,21H,14-15H2,(H2,24,27)(H,25,28)/t21-/m0/s1. The fourth-order valence-electron chi connectivity index (χ4n) is 3.49. The van der Waals surface area contributed by atoms with Crippen LogP contribution < -0.4 is 20.1 Å². The van der Waals surface area contributed by atoms with Crippen LogP contribution in [0.5, 0.6) is 5.75 Å². The molecule has 0 radical (unpaired) electrons. The van der Waals surface area contributed by atoms with Crippen molar-refractivity contribution >= 4 is 33.2 Å². The Morgan fingerprint density at radius 2 is 1.62 bits per heavy atom. The predicted molar refractivity (Wildman–Crippen MR) is 121 cm³/mol. The molecule has 3 N–H and O–H groups in total. The third kappa shape index (κ3) is 4.42. The summed E-state index contributed by atoms with van der Waals surface area (Å²) in [5.74, 6) is -1.23. The van der Waals surface area contributed by atoms with Crippen LogP contribution in [0.15, 0.2) is 78.9 Å². The van der Waals surface area contributed by atoms with Crippen molar-refractivity contribution in [3.8, 4) is 5.75 Å². The summed E-state index contributed by atoms with van der Waals surface area (Å²) in [6.45, 7) is -0.212. The van der Waals surface area contributed by atoms with E-state index in [-0.39, 0.29) is 29.3 Å². The molecule has 164 valence electrons. The monoisotopic (exact) mass is 451 g/mol. The van der Waals surface area contributed by atoms with E-state index in [2.05, 4.69) is 5.32 Å². The highest BCUT2D eigenvalue weighted by Gasteiger charge is 2.37. The number of fused-ring (bicyclic) bond motifs is 1. The van der Waals surface area contributed by atoms with Gasteiger partial charge in [-0.15, -0.1) is 0 Å². The van der Waals surface area contributed by atoms with Crippen molar-refractivity contribution in [2.45, 2.75) is 11.9 Å². The first kappa shape index (κ1) is 21.4. The van der Waals surface area contributed by atoms with Gasteiger partial charge < -0.3 is 15.8 Å². The van der Waals surface area contributed by atoms with Gasteiger partial charge in [-0.2, -0.15) is 0 Å². The molecule has 1 atom stereocenters. The molecule has 1 aliphatic rings. The molecule has 8 nitrogen and oxygen atoms in total. The van der Waals surface area contributed by atoms with Gasteiger partial charge in [-0.3, -0.25) is 13.9 Å². The molecule has 1 heterocycles. The van der Waals surface area contributed by atoms with E-state index in [0.29, 0.717) is 11.3 Å². The molecule has 3 aromatic carbocycles. The zero-order chi connectivity index (χ0) is 22.7. The minimum Gasteiger partial charge on any atom is -0.476 e. The highest BCUT2D eigenvalue weighted by Crippen LogP contribution is 2.36. The topological polar surface area (TPSA) is 119 Å². The summed E-state index contributed by atoms with van der Waals surface area (Å²) in [6.07, 6.45) is -1.13. The zero-order valence-corrected chi connectivity index (χ0v) is 17.8. The first-order valence-electron chi connectivity index (χ1n) is 9.85. The van der Waals surface area contributed by atoms with Gasteiger partial charge in [0.2, 0.25) is 10.0 Å². The lowest BCUT2D eigenvalue weighted by molar-refractivity contribution is -0.122. The number of anilines is 2. The van der Waals surface area contributed by atoms with Crippen molar-refractivity contribution in [3.63, 3.8) is 0 Å². The lowest BCUT2D eigenvalue weighted by Crippen LogP contribution is -2.49. The van der Waals surface area contributed by atoms with Gasteiger partial charge >= 0.3 is 0 Å². The number of hydrogen-bond donors (Lipinski definition) is 2. The molecule has 0 saturated heterocycles. The van der Waals surface area contributed by atoms with Crippen LogP contribution in [-0.4, -0.2) is 32.9 Å². The Bertz CT molecular complexity index is 1260. The van der Waals surface area contributed by atoms with E-state index in [1.165, 1.54) is 10.4 Å². The predicted octanol–water partition coefficient (Wildman–Crippen LogP) is 2.52. The van der Waals surface area contributed by atoms with E-state index in [1.807, 2.05) is 6.07 Å². The van der Waals surface area contributed by atoms with Crippen LogP contribution in [-0.2, 0) is 20.6 Å². The molecule has 0 bridgehead atoms. The lowest BCUT2D eigenvalue weighted by Gasteiger charge is -2.34. The molecule has 0 saturated carbocycles. The molecule has 4 rings (SSSR count). The number of nitrogens with two attached hydrogens (primary N) is 1. The Balaban J connectivity index is 1.62. The van der Waals surface area contributed by atoms with Crippen molar-refractivity contribution < 1.29 is 22.7 Å². The Labute approximate surface area is 185 Å². The molecule has 0 aromatic heterocycles. The first-order valence-corrected chi connectivity index (χ1v) is 11.5. The number of amides is 2. The van der Waals surface area contributed by atoms with Crippen LogP contribution in [0.3, 0.4) is 0 Å². The number of sulfonamides is 1. The highest BCUT2D eigenvalue weighted by atomic mass is 32.2. The summed E-state index contributed by atoms with van der Waals surface area (Å²) in [6, 6.07) is 21.8. The summed E-state index contributed by atoms with van der Waals surface area (Å²) < 4.78 is 33.5. The molecule has 32 heavy (non-hydrogen) atoms. The number of primary amides is 1. The normalized spacial score (nSPS) is 15.4. The van der Waals surface area contributed by atoms with Gasteiger partial charge in [0.05, 0.1) is 29.2 Å². The Morgan fingerprint density at radius 1 is 0.969 bits per heavy atom. The minimum absolute atomic E-state index is 0.144. The number of rotatable bonds is 6. The fourth-order valence-corrected chi connectivity index (χ4v) is 5.07. The third-order valence-corrected chi connectivity index (χ3v) is 6.72. The van der Waals surface area contributed by atoms with Crippen LogP contribution in [0.4, 0.5) is 11.4 Å². The molecular formula is C23H21N3O5S. The van der Waals surface area contributed by atoms with Crippen molar-refractivity contribution in [2.75, 3.05) is 16.2 Å². The van der Waals surface area contributed by atoms with Crippen LogP contribution in [0.2, 0.25) is 0 Å². The maximum absolute atomic E-state index is 13.3. The average molecular weight is 452 g/mol. The van der Waals surface area contributed by atoms with Crippen LogP contribution >= 0.6 is 0 Å². The molecule has 0 fully saturated rings. The van der Waals surface area contributed by atoms with E-state index in [4.69, 9.17) is 10.5 Å². The van der Waals surface area contributed by atoms with Gasteiger partial charge in [-0.25, -0.2) is 8.42 Å². The fraction of sp³-hybridized carbons (Fsp3) is 0.130. The molecule has 0 aliphatic carbocycles. The summed E-state index contributed by atoms with van der Waals surface area (Å²) in [4.78, 5) is 24.6. The van der Waals surface area contributed by atoms with E-state index < -0.39 is 27.9 Å². The molecule has 2 amide bonds. The molecular weight excluding hydrogens is 430 g/mol. The number of para-hydroxylation sites is 3. The minimum atomic E-state index is -3.81. The molecule has 0 spiro atoms. The van der Waals surface area contributed by atoms with E-state index in [9.17, 15) is 18.0 Å². The molecule has 3 aromatic rings. The summed E-state index contributed by atoms with van der Waals surface area (Å²) in [5, 5.41) is 2.63. The van der Waals surface area contributed by atoms with E-state index >= 15 is 0 Å². The smallest absolute Gasteiger partial charge is 0.267 e. The molecule has 1 aliphatic heterocycles. The summed E-state index contributed by atoms with van der Waals surface area (Å²) in [7, 11) is -3.81. The highest BCUT2D eigenvalue weighted by molar-refractivity contribution is 7.92. The lowest BCUT2D eigenvalue weighted by atomic mass is 10.1. The van der Waals surface area contributed by atoms with Gasteiger partial charge in [-0.05, 0) is 29.8 Å². The second-order valence-corrected chi connectivity index (χ2v) is 9.14. The van der Waals surface area contributed by atoms with Crippen molar-refractivity contribution in [1.29, 1.82) is 0 Å². The Morgan fingerprint density at radius 3 is 2.38 bits per heavy atom. The molecule has 9 heteroatoms. The average Bonchev–Trinajstić information content (AvgIpc) is 2.79. The maximum atomic E-state index is 13.3. The van der Waals surface area contributed by atoms with Gasteiger partial charge in [0.1, 0.15) is 5.75 Å². The number of nitrogens with zero attached hydrogens (tertiary/aromatic N) is 1. The Hall–Kier alpha value is -3.85. The number of nitrogens with one attached hydrogen (secondary N) is 1.